The molecule has 5 nitrogen and oxygen atoms in total. The van der Waals surface area contributed by atoms with E-state index in [0.717, 1.165) is 32.3 Å². The molecule has 0 bridgehead atoms. The predicted molar refractivity (Wildman–Crippen MR) is 90.2 cm³/mol. The number of hydrogen-bond donors (Lipinski definition) is 0. The van der Waals surface area contributed by atoms with Gasteiger partial charge >= 0.3 is 11.9 Å². The maximum Gasteiger partial charge on any atom is 0.305 e. The van der Waals surface area contributed by atoms with Gasteiger partial charge in [0.05, 0.1) is 13.2 Å². The number of carbonyl (C=O) groups is 2. The van der Waals surface area contributed by atoms with Crippen LogP contribution in [0.25, 0.3) is 0 Å². The fourth-order valence-corrected chi connectivity index (χ4v) is 2.29. The third-order valence-electron chi connectivity index (χ3n) is 3.71. The Labute approximate surface area is 141 Å². The summed E-state index contributed by atoms with van der Waals surface area (Å²) in [6.45, 7) is 5.79. The van der Waals surface area contributed by atoms with Crippen molar-refractivity contribution < 1.29 is 23.8 Å². The second-order valence-electron chi connectivity index (χ2n) is 5.87. The molecule has 0 fully saturated rings. The number of methoxy groups -OCH3 is 1. The molecule has 5 heteroatoms. The Morgan fingerprint density at radius 3 is 1.96 bits per heavy atom. The molecule has 0 aliphatic carbocycles. The smallest absolute Gasteiger partial charge is 0.305 e. The van der Waals surface area contributed by atoms with Gasteiger partial charge in [0.15, 0.2) is 0 Å². The lowest BCUT2D eigenvalue weighted by Crippen LogP contribution is -2.12. The van der Waals surface area contributed by atoms with E-state index in [-0.39, 0.29) is 24.8 Å². The van der Waals surface area contributed by atoms with Crippen LogP contribution < -0.4 is 0 Å². The predicted octanol–water partition coefficient (Wildman–Crippen LogP) is 3.89. The van der Waals surface area contributed by atoms with Crippen molar-refractivity contribution in [3.63, 3.8) is 0 Å². The van der Waals surface area contributed by atoms with Crippen LogP contribution in [0.5, 0.6) is 0 Å². The number of unbranched alkanes of at least 4 members (excludes halogenated alkanes) is 1. The Balaban J connectivity index is 3.74. The van der Waals surface area contributed by atoms with Crippen LogP contribution in [-0.4, -0.2) is 38.9 Å². The Morgan fingerprint density at radius 1 is 0.783 bits per heavy atom. The van der Waals surface area contributed by atoms with Gasteiger partial charge in [-0.25, -0.2) is 0 Å². The second kappa shape index (κ2) is 15.8. The Kier molecular flexibility index (Phi) is 15.0. The largest absolute Gasteiger partial charge is 0.466 e. The normalized spacial score (nSPS) is 12.0. The van der Waals surface area contributed by atoms with Gasteiger partial charge in [-0.2, -0.15) is 0 Å². The van der Waals surface area contributed by atoms with Crippen molar-refractivity contribution in [2.24, 2.45) is 5.92 Å². The fraction of sp³-hybridized carbons (Fsp3) is 0.889. The Bertz CT molecular complexity index is 296. The molecule has 0 amide bonds. The topological polar surface area (TPSA) is 61.8 Å². The summed E-state index contributed by atoms with van der Waals surface area (Å²) < 4.78 is 15.4. The first-order valence-electron chi connectivity index (χ1n) is 8.94. The molecule has 0 N–H and O–H groups in total. The monoisotopic (exact) mass is 330 g/mol. The number of ether oxygens (including phenoxy) is 3. The molecule has 1 unspecified atom stereocenters. The summed E-state index contributed by atoms with van der Waals surface area (Å²) in [5.74, 6) is 0.0832. The molecule has 0 radical (unpaired) electrons. The first-order chi connectivity index (χ1) is 11.1. The van der Waals surface area contributed by atoms with Gasteiger partial charge in [-0.1, -0.05) is 33.1 Å². The molecular weight excluding hydrogens is 296 g/mol. The Hall–Kier alpha value is -1.10. The molecule has 0 heterocycles. The van der Waals surface area contributed by atoms with Crippen molar-refractivity contribution >= 4 is 11.9 Å². The van der Waals surface area contributed by atoms with Crippen LogP contribution >= 0.6 is 0 Å². The molecule has 0 rings (SSSR count). The summed E-state index contributed by atoms with van der Waals surface area (Å²) >= 11 is 0. The molecule has 0 aromatic carbocycles. The van der Waals surface area contributed by atoms with E-state index in [9.17, 15) is 9.59 Å². The summed E-state index contributed by atoms with van der Waals surface area (Å²) in [6, 6.07) is 0. The molecule has 23 heavy (non-hydrogen) atoms. The SMILES string of the molecule is CCCCC(CCOC)CCOC(=O)CCCC(=O)OCCC. The van der Waals surface area contributed by atoms with Gasteiger partial charge in [0.2, 0.25) is 0 Å². The number of carbonyl (C=O) groups excluding carboxylic acids is 2. The fourth-order valence-electron chi connectivity index (χ4n) is 2.29. The zero-order valence-electron chi connectivity index (χ0n) is 15.1. The lowest BCUT2D eigenvalue weighted by Gasteiger charge is -2.16. The van der Waals surface area contributed by atoms with E-state index in [1.165, 1.54) is 12.8 Å². The molecule has 0 aromatic rings. The first-order valence-corrected chi connectivity index (χ1v) is 8.94. The van der Waals surface area contributed by atoms with E-state index in [0.29, 0.717) is 25.6 Å². The third kappa shape index (κ3) is 14.2. The zero-order valence-corrected chi connectivity index (χ0v) is 15.1. The number of rotatable bonds is 15. The standard InChI is InChI=1S/C18H34O5/c1-4-6-8-16(11-14-21-3)12-15-23-18(20)10-7-9-17(19)22-13-5-2/h16H,4-15H2,1-3H3. The molecule has 0 saturated heterocycles. The highest BCUT2D eigenvalue weighted by Gasteiger charge is 2.11. The van der Waals surface area contributed by atoms with E-state index >= 15 is 0 Å². The highest BCUT2D eigenvalue weighted by molar-refractivity contribution is 5.72. The number of hydrogen-bond acceptors (Lipinski definition) is 5. The van der Waals surface area contributed by atoms with Gasteiger partial charge in [0.25, 0.3) is 0 Å². The maximum absolute atomic E-state index is 11.6. The summed E-state index contributed by atoms with van der Waals surface area (Å²) in [7, 11) is 1.71. The summed E-state index contributed by atoms with van der Waals surface area (Å²) in [5, 5.41) is 0. The molecular formula is C18H34O5. The molecule has 0 aliphatic rings. The van der Waals surface area contributed by atoms with Crippen molar-refractivity contribution in [3.8, 4) is 0 Å². The van der Waals surface area contributed by atoms with Crippen LogP contribution in [0, 0.1) is 5.92 Å². The quantitative estimate of drug-likeness (QED) is 0.426. The van der Waals surface area contributed by atoms with Crippen molar-refractivity contribution in [1.82, 2.24) is 0 Å². The van der Waals surface area contributed by atoms with E-state index in [2.05, 4.69) is 6.92 Å². The van der Waals surface area contributed by atoms with Crippen LogP contribution in [-0.2, 0) is 23.8 Å². The molecule has 136 valence electrons. The van der Waals surface area contributed by atoms with Crippen molar-refractivity contribution in [3.05, 3.63) is 0 Å². The lowest BCUT2D eigenvalue weighted by atomic mass is 9.96. The van der Waals surface area contributed by atoms with E-state index < -0.39 is 0 Å². The van der Waals surface area contributed by atoms with Crippen LogP contribution in [0.1, 0.15) is 71.6 Å². The highest BCUT2D eigenvalue weighted by Crippen LogP contribution is 2.17. The molecule has 0 aliphatic heterocycles. The van der Waals surface area contributed by atoms with Gasteiger partial charge in [-0.15, -0.1) is 0 Å². The van der Waals surface area contributed by atoms with Crippen LogP contribution in [0.4, 0.5) is 0 Å². The molecule has 0 saturated carbocycles. The van der Waals surface area contributed by atoms with Crippen molar-refractivity contribution in [2.75, 3.05) is 26.9 Å². The minimum atomic E-state index is -0.237. The first kappa shape index (κ1) is 21.9. The maximum atomic E-state index is 11.6. The van der Waals surface area contributed by atoms with E-state index in [1.54, 1.807) is 7.11 Å². The van der Waals surface area contributed by atoms with Gasteiger partial charge in [0, 0.05) is 26.6 Å². The van der Waals surface area contributed by atoms with Crippen molar-refractivity contribution in [2.45, 2.75) is 71.6 Å². The lowest BCUT2D eigenvalue weighted by molar-refractivity contribution is -0.145. The number of esters is 2. The van der Waals surface area contributed by atoms with E-state index in [4.69, 9.17) is 14.2 Å². The molecule has 0 spiro atoms. The zero-order chi connectivity index (χ0) is 17.3. The van der Waals surface area contributed by atoms with Crippen LogP contribution in [0.3, 0.4) is 0 Å². The highest BCUT2D eigenvalue weighted by atomic mass is 16.5. The van der Waals surface area contributed by atoms with Crippen molar-refractivity contribution in [1.29, 1.82) is 0 Å². The third-order valence-corrected chi connectivity index (χ3v) is 3.71. The summed E-state index contributed by atoms with van der Waals surface area (Å²) in [4.78, 5) is 23.0. The van der Waals surface area contributed by atoms with Gasteiger partial charge in [-0.3, -0.25) is 9.59 Å². The van der Waals surface area contributed by atoms with Gasteiger partial charge in [0.1, 0.15) is 0 Å². The minimum absolute atomic E-state index is 0.228. The summed E-state index contributed by atoms with van der Waals surface area (Å²) in [5.41, 5.74) is 0. The van der Waals surface area contributed by atoms with Crippen LogP contribution in [0.15, 0.2) is 0 Å². The van der Waals surface area contributed by atoms with Gasteiger partial charge < -0.3 is 14.2 Å². The van der Waals surface area contributed by atoms with E-state index in [1.807, 2.05) is 6.92 Å². The average Bonchev–Trinajstić information content (AvgIpc) is 2.54. The molecule has 1 atom stereocenters. The Morgan fingerprint density at radius 2 is 1.39 bits per heavy atom. The molecule has 0 aromatic heterocycles. The van der Waals surface area contributed by atoms with Crippen LogP contribution in [0.2, 0.25) is 0 Å². The second-order valence-corrected chi connectivity index (χ2v) is 5.87. The van der Waals surface area contributed by atoms with Gasteiger partial charge in [-0.05, 0) is 31.6 Å². The average molecular weight is 330 g/mol. The minimum Gasteiger partial charge on any atom is -0.466 e. The summed E-state index contributed by atoms with van der Waals surface area (Å²) in [6.07, 6.45) is 7.28.